The van der Waals surface area contributed by atoms with E-state index in [1.807, 2.05) is 0 Å². The summed E-state index contributed by atoms with van der Waals surface area (Å²) in [6.07, 6.45) is 2.94. The van der Waals surface area contributed by atoms with Crippen LogP contribution < -0.4 is 0 Å². The highest BCUT2D eigenvalue weighted by molar-refractivity contribution is 5.97. The zero-order chi connectivity index (χ0) is 13.3. The van der Waals surface area contributed by atoms with Crippen LogP contribution in [0.5, 0.6) is 0 Å². The van der Waals surface area contributed by atoms with E-state index in [-0.39, 0.29) is 6.42 Å². The van der Waals surface area contributed by atoms with E-state index < -0.39 is 28.8 Å². The van der Waals surface area contributed by atoms with Gasteiger partial charge in [0, 0.05) is 19.4 Å². The Balaban J connectivity index is 2.30. The van der Waals surface area contributed by atoms with Gasteiger partial charge in [0.1, 0.15) is 5.82 Å². The topological polar surface area (TPSA) is 34.9 Å². The van der Waals surface area contributed by atoms with Gasteiger partial charge >= 0.3 is 0 Å². The van der Waals surface area contributed by atoms with Crippen LogP contribution in [0.1, 0.15) is 16.2 Å². The first-order chi connectivity index (χ1) is 8.50. The van der Waals surface area contributed by atoms with E-state index in [0.29, 0.717) is 5.82 Å². The smallest absolute Gasteiger partial charge is 0.195 e. The molecule has 2 aromatic rings. The summed E-state index contributed by atoms with van der Waals surface area (Å²) in [7, 11) is 1.68. The number of rotatable bonds is 3. The largest absolute Gasteiger partial charge is 0.338 e. The molecule has 0 radical (unpaired) electrons. The highest BCUT2D eigenvalue weighted by atomic mass is 19.2. The molecule has 0 aliphatic heterocycles. The minimum atomic E-state index is -1.64. The summed E-state index contributed by atoms with van der Waals surface area (Å²) in [6.45, 7) is 0. The molecule has 0 N–H and O–H groups in total. The minimum Gasteiger partial charge on any atom is -0.338 e. The van der Waals surface area contributed by atoms with Crippen molar-refractivity contribution in [3.8, 4) is 0 Å². The number of hydrogen-bond donors (Lipinski definition) is 0. The second kappa shape index (κ2) is 4.64. The average molecular weight is 254 g/mol. The van der Waals surface area contributed by atoms with Gasteiger partial charge in [0.2, 0.25) is 0 Å². The lowest BCUT2D eigenvalue weighted by Gasteiger charge is -2.04. The average Bonchev–Trinajstić information content (AvgIpc) is 2.72. The summed E-state index contributed by atoms with van der Waals surface area (Å²) in [4.78, 5) is 15.7. The monoisotopic (exact) mass is 254 g/mol. The molecule has 0 atom stereocenters. The van der Waals surface area contributed by atoms with Crippen LogP contribution in [0.2, 0.25) is 0 Å². The normalized spacial score (nSPS) is 10.7. The Morgan fingerprint density at radius 3 is 2.61 bits per heavy atom. The van der Waals surface area contributed by atoms with Crippen LogP contribution in [0.25, 0.3) is 0 Å². The maximum Gasteiger partial charge on any atom is 0.195 e. The lowest BCUT2D eigenvalue weighted by atomic mass is 10.1. The SMILES string of the molecule is Cn1ccnc1CC(=O)c1ccc(F)c(F)c1F. The standard InChI is InChI=1S/C12H9F3N2O/c1-17-5-4-16-10(17)6-9(18)7-2-3-8(13)12(15)11(7)14/h2-5H,6H2,1H3. The molecule has 0 fully saturated rings. The van der Waals surface area contributed by atoms with Crippen molar-refractivity contribution in [3.63, 3.8) is 0 Å². The van der Waals surface area contributed by atoms with Crippen LogP contribution in [0.15, 0.2) is 24.5 Å². The Kier molecular flexibility index (Phi) is 3.18. The molecule has 6 heteroatoms. The fourth-order valence-electron chi connectivity index (χ4n) is 1.55. The first-order valence-electron chi connectivity index (χ1n) is 5.13. The van der Waals surface area contributed by atoms with E-state index in [4.69, 9.17) is 0 Å². The molecule has 1 aromatic heterocycles. The maximum atomic E-state index is 13.4. The molecule has 1 aromatic carbocycles. The van der Waals surface area contributed by atoms with Crippen molar-refractivity contribution in [2.75, 3.05) is 0 Å². The number of ketones is 1. The minimum absolute atomic E-state index is 0.175. The van der Waals surface area contributed by atoms with Crippen molar-refractivity contribution in [1.29, 1.82) is 0 Å². The van der Waals surface area contributed by atoms with Gasteiger partial charge in [-0.15, -0.1) is 0 Å². The van der Waals surface area contributed by atoms with Crippen LogP contribution in [-0.4, -0.2) is 15.3 Å². The van der Waals surface area contributed by atoms with Crippen molar-refractivity contribution >= 4 is 5.78 Å². The Hall–Kier alpha value is -2.11. The van der Waals surface area contributed by atoms with Gasteiger partial charge in [-0.05, 0) is 12.1 Å². The predicted molar refractivity (Wildman–Crippen MR) is 57.6 cm³/mol. The Bertz CT molecular complexity index is 607. The number of benzene rings is 1. The number of imidazole rings is 1. The molecule has 0 spiro atoms. The van der Waals surface area contributed by atoms with Crippen LogP contribution >= 0.6 is 0 Å². The van der Waals surface area contributed by atoms with E-state index in [1.54, 1.807) is 17.8 Å². The third-order valence-corrected chi connectivity index (χ3v) is 2.58. The quantitative estimate of drug-likeness (QED) is 0.622. The molecule has 0 aliphatic rings. The van der Waals surface area contributed by atoms with Crippen molar-refractivity contribution < 1.29 is 18.0 Å². The first kappa shape index (κ1) is 12.3. The molecular weight excluding hydrogens is 245 g/mol. The first-order valence-corrected chi connectivity index (χ1v) is 5.13. The third kappa shape index (κ3) is 2.13. The second-order valence-electron chi connectivity index (χ2n) is 3.78. The summed E-state index contributed by atoms with van der Waals surface area (Å²) in [5.41, 5.74) is -0.475. The maximum absolute atomic E-state index is 13.4. The number of hydrogen-bond acceptors (Lipinski definition) is 2. The van der Waals surface area contributed by atoms with E-state index in [0.717, 1.165) is 12.1 Å². The number of aryl methyl sites for hydroxylation is 1. The molecule has 0 unspecified atom stereocenters. The fourth-order valence-corrected chi connectivity index (χ4v) is 1.55. The molecule has 18 heavy (non-hydrogen) atoms. The van der Waals surface area contributed by atoms with Crippen molar-refractivity contribution in [2.45, 2.75) is 6.42 Å². The van der Waals surface area contributed by atoms with Crippen LogP contribution in [0, 0.1) is 17.5 Å². The van der Waals surface area contributed by atoms with Gasteiger partial charge < -0.3 is 4.57 Å². The molecule has 0 aliphatic carbocycles. The molecule has 2 rings (SSSR count). The number of carbonyl (C=O) groups excluding carboxylic acids is 1. The van der Waals surface area contributed by atoms with Crippen molar-refractivity contribution in [3.05, 3.63) is 53.4 Å². The van der Waals surface area contributed by atoms with E-state index in [2.05, 4.69) is 4.98 Å². The fraction of sp³-hybridized carbons (Fsp3) is 0.167. The number of carbonyl (C=O) groups is 1. The number of halogens is 3. The van der Waals surface area contributed by atoms with Gasteiger partial charge in [0.05, 0.1) is 12.0 Å². The summed E-state index contributed by atoms with van der Waals surface area (Å²) < 4.78 is 40.7. The van der Waals surface area contributed by atoms with Crippen LogP contribution in [0.4, 0.5) is 13.2 Å². The Morgan fingerprint density at radius 1 is 1.28 bits per heavy atom. The summed E-state index contributed by atoms with van der Waals surface area (Å²) in [6, 6.07) is 1.66. The van der Waals surface area contributed by atoms with Gasteiger partial charge in [-0.3, -0.25) is 4.79 Å². The van der Waals surface area contributed by atoms with Gasteiger partial charge in [-0.1, -0.05) is 0 Å². The third-order valence-electron chi connectivity index (χ3n) is 2.58. The number of Topliss-reactive ketones (excluding diaryl/α,β-unsaturated/α-hetero) is 1. The van der Waals surface area contributed by atoms with Crippen molar-refractivity contribution in [2.24, 2.45) is 7.05 Å². The van der Waals surface area contributed by atoms with Gasteiger partial charge in [0.15, 0.2) is 23.2 Å². The zero-order valence-electron chi connectivity index (χ0n) is 9.45. The summed E-state index contributed by atoms with van der Waals surface area (Å²) in [5, 5.41) is 0. The van der Waals surface area contributed by atoms with E-state index >= 15 is 0 Å². The van der Waals surface area contributed by atoms with E-state index in [1.165, 1.54) is 6.20 Å². The predicted octanol–water partition coefficient (Wildman–Crippen LogP) is 2.26. The highest BCUT2D eigenvalue weighted by Gasteiger charge is 2.19. The van der Waals surface area contributed by atoms with Gasteiger partial charge in [-0.25, -0.2) is 18.2 Å². The molecule has 0 amide bonds. The molecule has 0 saturated carbocycles. The highest BCUT2D eigenvalue weighted by Crippen LogP contribution is 2.16. The molecule has 3 nitrogen and oxygen atoms in total. The lowest BCUT2D eigenvalue weighted by Crippen LogP contribution is -2.11. The van der Waals surface area contributed by atoms with E-state index in [9.17, 15) is 18.0 Å². The van der Waals surface area contributed by atoms with Crippen LogP contribution in [0.3, 0.4) is 0 Å². The second-order valence-corrected chi connectivity index (χ2v) is 3.78. The molecular formula is C12H9F3N2O. The van der Waals surface area contributed by atoms with Crippen molar-refractivity contribution in [1.82, 2.24) is 9.55 Å². The molecule has 94 valence electrons. The zero-order valence-corrected chi connectivity index (χ0v) is 9.45. The van der Waals surface area contributed by atoms with Gasteiger partial charge in [0.25, 0.3) is 0 Å². The lowest BCUT2D eigenvalue weighted by molar-refractivity contribution is 0.0985. The van der Waals surface area contributed by atoms with Crippen LogP contribution in [-0.2, 0) is 13.5 Å². The molecule has 0 saturated heterocycles. The Morgan fingerprint density at radius 2 is 2.00 bits per heavy atom. The Labute approximate surface area is 101 Å². The summed E-state index contributed by atoms with van der Waals surface area (Å²) in [5.74, 6) is -4.65. The summed E-state index contributed by atoms with van der Waals surface area (Å²) >= 11 is 0. The number of nitrogens with zero attached hydrogens (tertiary/aromatic N) is 2. The van der Waals surface area contributed by atoms with Gasteiger partial charge in [-0.2, -0.15) is 0 Å². The molecule has 0 bridgehead atoms. The number of aromatic nitrogens is 2. The molecule has 1 heterocycles.